The van der Waals surface area contributed by atoms with Crippen molar-refractivity contribution in [1.29, 1.82) is 0 Å². The Kier molecular flexibility index (Phi) is 3.96. The molecule has 0 radical (unpaired) electrons. The van der Waals surface area contributed by atoms with Gasteiger partial charge in [-0.2, -0.15) is 0 Å². The molecule has 0 aliphatic heterocycles. The third-order valence-corrected chi connectivity index (χ3v) is 4.23. The molecule has 0 atom stereocenters. The summed E-state index contributed by atoms with van der Waals surface area (Å²) in [4.78, 5) is 11.0. The third-order valence-electron chi connectivity index (χ3n) is 2.50. The van der Waals surface area contributed by atoms with Crippen LogP contribution in [0.25, 0.3) is 0 Å². The van der Waals surface area contributed by atoms with Gasteiger partial charge in [0.1, 0.15) is 0 Å². The molecule has 7 heteroatoms. The minimum absolute atomic E-state index is 0.0418. The van der Waals surface area contributed by atoms with Crippen LogP contribution in [-0.4, -0.2) is 19.5 Å². The van der Waals surface area contributed by atoms with Gasteiger partial charge in [-0.25, -0.2) is 13.2 Å². The molecule has 20 heavy (non-hydrogen) atoms. The molecular formula is C13H10ClNO4S. The molecule has 0 aliphatic rings. The number of anilines is 1. The fraction of sp³-hybridized carbons (Fsp3) is 0. The van der Waals surface area contributed by atoms with E-state index in [2.05, 4.69) is 4.72 Å². The molecule has 0 bridgehead atoms. The van der Waals surface area contributed by atoms with Crippen molar-refractivity contribution in [3.8, 4) is 0 Å². The van der Waals surface area contributed by atoms with Gasteiger partial charge >= 0.3 is 5.97 Å². The van der Waals surface area contributed by atoms with E-state index in [9.17, 15) is 13.2 Å². The van der Waals surface area contributed by atoms with Gasteiger partial charge in [0.2, 0.25) is 0 Å². The van der Waals surface area contributed by atoms with Crippen molar-refractivity contribution in [2.24, 2.45) is 0 Å². The van der Waals surface area contributed by atoms with Crippen molar-refractivity contribution < 1.29 is 18.3 Å². The Labute approximate surface area is 120 Å². The second-order valence-electron chi connectivity index (χ2n) is 3.92. The van der Waals surface area contributed by atoms with E-state index in [0.717, 1.165) is 0 Å². The molecule has 0 saturated heterocycles. The maximum atomic E-state index is 12.1. The molecule has 104 valence electrons. The normalized spacial score (nSPS) is 11.1. The lowest BCUT2D eigenvalue weighted by molar-refractivity contribution is 0.0697. The summed E-state index contributed by atoms with van der Waals surface area (Å²) < 4.78 is 26.5. The van der Waals surface area contributed by atoms with E-state index < -0.39 is 16.0 Å². The minimum atomic E-state index is -3.75. The van der Waals surface area contributed by atoms with Crippen molar-refractivity contribution in [1.82, 2.24) is 0 Å². The largest absolute Gasteiger partial charge is 0.478 e. The van der Waals surface area contributed by atoms with Crippen molar-refractivity contribution in [3.05, 3.63) is 59.1 Å². The maximum Gasteiger partial charge on any atom is 0.337 e. The zero-order chi connectivity index (χ0) is 14.8. The van der Waals surface area contributed by atoms with Crippen molar-refractivity contribution in [3.63, 3.8) is 0 Å². The Morgan fingerprint density at radius 3 is 2.35 bits per heavy atom. The number of nitrogens with one attached hydrogen (secondary N) is 1. The topological polar surface area (TPSA) is 83.5 Å². The summed E-state index contributed by atoms with van der Waals surface area (Å²) in [5.74, 6) is -1.23. The van der Waals surface area contributed by atoms with Crippen LogP contribution in [0, 0.1) is 0 Å². The Bertz CT molecular complexity index is 744. The van der Waals surface area contributed by atoms with Gasteiger partial charge < -0.3 is 5.11 Å². The molecule has 2 N–H and O–H groups in total. The molecule has 0 amide bonds. The summed E-state index contributed by atoms with van der Waals surface area (Å²) in [6.45, 7) is 0. The highest BCUT2D eigenvalue weighted by Crippen LogP contribution is 2.22. The number of hydrogen-bond donors (Lipinski definition) is 2. The number of rotatable bonds is 4. The zero-order valence-electron chi connectivity index (χ0n) is 10.1. The van der Waals surface area contributed by atoms with Gasteiger partial charge in [0.05, 0.1) is 15.5 Å². The number of benzene rings is 2. The van der Waals surface area contributed by atoms with Crippen LogP contribution in [-0.2, 0) is 10.0 Å². The molecule has 0 aliphatic carbocycles. The fourth-order valence-electron chi connectivity index (χ4n) is 1.57. The summed E-state index contributed by atoms with van der Waals surface area (Å²) in [6, 6.07) is 11.7. The molecule has 2 aromatic carbocycles. The standard InChI is InChI=1S/C13H10ClNO4S/c14-12-7-6-9(8-11(12)13(16)17)15-20(18,19)10-4-2-1-3-5-10/h1-8,15H,(H,16,17). The molecule has 2 rings (SSSR count). The van der Waals surface area contributed by atoms with Gasteiger partial charge in [0.15, 0.2) is 0 Å². The average Bonchev–Trinajstić information content (AvgIpc) is 2.41. The van der Waals surface area contributed by atoms with Gasteiger partial charge in [-0.1, -0.05) is 29.8 Å². The average molecular weight is 312 g/mol. The van der Waals surface area contributed by atoms with Gasteiger partial charge in [0, 0.05) is 5.69 Å². The van der Waals surface area contributed by atoms with Gasteiger partial charge in [-0.05, 0) is 30.3 Å². The van der Waals surface area contributed by atoms with Crippen molar-refractivity contribution >= 4 is 33.3 Å². The minimum Gasteiger partial charge on any atom is -0.478 e. The molecule has 0 heterocycles. The lowest BCUT2D eigenvalue weighted by atomic mass is 10.2. The van der Waals surface area contributed by atoms with Crippen LogP contribution >= 0.6 is 11.6 Å². The molecule has 2 aromatic rings. The monoisotopic (exact) mass is 311 g/mol. The summed E-state index contributed by atoms with van der Waals surface area (Å²) in [6.07, 6.45) is 0. The summed E-state index contributed by atoms with van der Waals surface area (Å²) in [5, 5.41) is 8.99. The molecule has 0 saturated carbocycles. The van der Waals surface area contributed by atoms with Crippen LogP contribution in [0.3, 0.4) is 0 Å². The first-order valence-electron chi connectivity index (χ1n) is 5.51. The fourth-order valence-corrected chi connectivity index (χ4v) is 2.84. The number of hydrogen-bond acceptors (Lipinski definition) is 3. The number of carboxylic acids is 1. The van der Waals surface area contributed by atoms with Gasteiger partial charge in [0.25, 0.3) is 10.0 Å². The predicted molar refractivity (Wildman–Crippen MR) is 75.7 cm³/mol. The van der Waals surface area contributed by atoms with Crippen LogP contribution in [0.2, 0.25) is 5.02 Å². The highest BCUT2D eigenvalue weighted by Gasteiger charge is 2.15. The van der Waals surface area contributed by atoms with Crippen molar-refractivity contribution in [2.45, 2.75) is 4.90 Å². The van der Waals surface area contributed by atoms with E-state index in [1.54, 1.807) is 18.2 Å². The maximum absolute atomic E-state index is 12.1. The quantitative estimate of drug-likeness (QED) is 0.909. The molecule has 0 aromatic heterocycles. The van der Waals surface area contributed by atoms with Crippen LogP contribution in [0.5, 0.6) is 0 Å². The van der Waals surface area contributed by atoms with Crippen LogP contribution in [0.1, 0.15) is 10.4 Å². The first-order chi connectivity index (χ1) is 9.40. The van der Waals surface area contributed by atoms with E-state index in [-0.39, 0.29) is 21.2 Å². The number of carboxylic acid groups (broad SMARTS) is 1. The summed E-state index contributed by atoms with van der Waals surface area (Å²) >= 11 is 5.72. The van der Waals surface area contributed by atoms with E-state index >= 15 is 0 Å². The Hall–Kier alpha value is -2.05. The zero-order valence-corrected chi connectivity index (χ0v) is 11.6. The lowest BCUT2D eigenvalue weighted by Gasteiger charge is -2.09. The molecular weight excluding hydrogens is 302 g/mol. The number of aromatic carboxylic acids is 1. The van der Waals surface area contributed by atoms with Crippen LogP contribution in [0.4, 0.5) is 5.69 Å². The summed E-state index contributed by atoms with van der Waals surface area (Å²) in [7, 11) is -3.75. The Balaban J connectivity index is 2.36. The van der Waals surface area contributed by atoms with Gasteiger partial charge in [-0.15, -0.1) is 0 Å². The van der Waals surface area contributed by atoms with Crippen LogP contribution in [0.15, 0.2) is 53.4 Å². The second kappa shape index (κ2) is 5.52. The predicted octanol–water partition coefficient (Wildman–Crippen LogP) is 2.84. The molecule has 0 unspecified atom stereocenters. The summed E-state index contributed by atoms with van der Waals surface area (Å²) in [5.41, 5.74) is -0.0319. The lowest BCUT2D eigenvalue weighted by Crippen LogP contribution is -2.13. The van der Waals surface area contributed by atoms with Gasteiger partial charge in [-0.3, -0.25) is 4.72 Å². The van der Waals surface area contributed by atoms with Crippen molar-refractivity contribution in [2.75, 3.05) is 4.72 Å². The molecule has 0 fully saturated rings. The number of sulfonamides is 1. The van der Waals surface area contributed by atoms with Crippen LogP contribution < -0.4 is 4.72 Å². The highest BCUT2D eigenvalue weighted by molar-refractivity contribution is 7.92. The third kappa shape index (κ3) is 3.09. The van der Waals surface area contributed by atoms with E-state index in [1.165, 1.54) is 30.3 Å². The SMILES string of the molecule is O=C(O)c1cc(NS(=O)(=O)c2ccccc2)ccc1Cl. The first kappa shape index (κ1) is 14.4. The smallest absolute Gasteiger partial charge is 0.337 e. The van der Waals surface area contributed by atoms with E-state index in [1.807, 2.05) is 0 Å². The Morgan fingerprint density at radius 1 is 1.10 bits per heavy atom. The Morgan fingerprint density at radius 2 is 1.75 bits per heavy atom. The highest BCUT2D eigenvalue weighted by atomic mass is 35.5. The molecule has 5 nitrogen and oxygen atoms in total. The first-order valence-corrected chi connectivity index (χ1v) is 7.37. The number of halogens is 1. The van der Waals surface area contributed by atoms with E-state index in [4.69, 9.17) is 16.7 Å². The number of carbonyl (C=O) groups is 1. The van der Waals surface area contributed by atoms with E-state index in [0.29, 0.717) is 0 Å². The second-order valence-corrected chi connectivity index (χ2v) is 6.01. The molecule has 0 spiro atoms.